The second-order valence-electron chi connectivity index (χ2n) is 5.34. The highest BCUT2D eigenvalue weighted by atomic mass is 32.2. The first kappa shape index (κ1) is 18.9. The predicted molar refractivity (Wildman–Crippen MR) is 103 cm³/mol. The van der Waals surface area contributed by atoms with Gasteiger partial charge in [0.25, 0.3) is 0 Å². The molecule has 0 unspecified atom stereocenters. The summed E-state index contributed by atoms with van der Waals surface area (Å²) in [6.07, 6.45) is 0.964. The fraction of sp³-hybridized carbons (Fsp3) is 0.263. The topological polar surface area (TPSA) is 67.4 Å². The summed E-state index contributed by atoms with van der Waals surface area (Å²) in [7, 11) is 1.55. The van der Waals surface area contributed by atoms with Gasteiger partial charge in [0.1, 0.15) is 5.75 Å². The Morgan fingerprint density at radius 2 is 1.60 bits per heavy atom. The van der Waals surface area contributed by atoms with E-state index in [-0.39, 0.29) is 23.3 Å². The number of hydrogen-bond donors (Lipinski definition) is 2. The zero-order chi connectivity index (χ0) is 18.1. The molecule has 2 rings (SSSR count). The molecule has 0 bridgehead atoms. The average Bonchev–Trinajstić information content (AvgIpc) is 2.62. The van der Waals surface area contributed by atoms with Crippen LogP contribution in [0.15, 0.2) is 48.5 Å². The number of nitrogens with one attached hydrogen (secondary N) is 2. The van der Waals surface area contributed by atoms with Gasteiger partial charge in [-0.1, -0.05) is 31.2 Å². The minimum absolute atomic E-state index is 0.126. The summed E-state index contributed by atoms with van der Waals surface area (Å²) in [5.74, 6) is 0.720. The second kappa shape index (κ2) is 9.74. The van der Waals surface area contributed by atoms with Crippen molar-refractivity contribution in [3.8, 4) is 5.75 Å². The maximum atomic E-state index is 12.0. The SMILES string of the molecule is CCc1ccc(NC(=O)CSCC(=O)Nc2ccccc2OC)cc1. The van der Waals surface area contributed by atoms with Crippen molar-refractivity contribution in [2.45, 2.75) is 13.3 Å². The van der Waals surface area contributed by atoms with Crippen molar-refractivity contribution in [1.82, 2.24) is 0 Å². The minimum atomic E-state index is -0.172. The van der Waals surface area contributed by atoms with Crippen LogP contribution >= 0.6 is 11.8 Å². The lowest BCUT2D eigenvalue weighted by Gasteiger charge is -2.09. The number of benzene rings is 2. The number of carbonyl (C=O) groups excluding carboxylic acids is 2. The van der Waals surface area contributed by atoms with E-state index in [2.05, 4.69) is 17.6 Å². The van der Waals surface area contributed by atoms with Crippen molar-refractivity contribution in [3.05, 3.63) is 54.1 Å². The summed E-state index contributed by atoms with van der Waals surface area (Å²) >= 11 is 1.26. The largest absolute Gasteiger partial charge is 0.495 e. The summed E-state index contributed by atoms with van der Waals surface area (Å²) < 4.78 is 5.19. The molecule has 0 radical (unpaired) electrons. The minimum Gasteiger partial charge on any atom is -0.495 e. The Morgan fingerprint density at radius 3 is 2.24 bits per heavy atom. The van der Waals surface area contributed by atoms with Crippen LogP contribution in [0, 0.1) is 0 Å². The normalized spacial score (nSPS) is 10.2. The molecule has 2 aromatic rings. The number of aryl methyl sites for hydroxylation is 1. The molecule has 25 heavy (non-hydrogen) atoms. The van der Waals surface area contributed by atoms with Gasteiger partial charge in [0.05, 0.1) is 24.3 Å². The molecule has 0 atom stereocenters. The average molecular weight is 358 g/mol. The van der Waals surface area contributed by atoms with Gasteiger partial charge in [-0.05, 0) is 36.2 Å². The zero-order valence-electron chi connectivity index (χ0n) is 14.4. The van der Waals surface area contributed by atoms with Crippen LogP contribution in [0.1, 0.15) is 12.5 Å². The molecule has 132 valence electrons. The second-order valence-corrected chi connectivity index (χ2v) is 6.33. The highest BCUT2D eigenvalue weighted by Crippen LogP contribution is 2.23. The lowest BCUT2D eigenvalue weighted by molar-refractivity contribution is -0.114. The van der Waals surface area contributed by atoms with Gasteiger partial charge < -0.3 is 15.4 Å². The van der Waals surface area contributed by atoms with Gasteiger partial charge in [0.15, 0.2) is 0 Å². The maximum absolute atomic E-state index is 12.0. The van der Waals surface area contributed by atoms with Gasteiger partial charge in [0, 0.05) is 5.69 Å². The van der Waals surface area contributed by atoms with Gasteiger partial charge in [-0.15, -0.1) is 11.8 Å². The smallest absolute Gasteiger partial charge is 0.234 e. The first-order valence-corrected chi connectivity index (χ1v) is 9.17. The standard InChI is InChI=1S/C19H22N2O3S/c1-3-14-8-10-15(11-9-14)20-18(22)12-25-13-19(23)21-16-6-4-5-7-17(16)24-2/h4-11H,3,12-13H2,1-2H3,(H,20,22)(H,21,23). The Labute approximate surface area is 152 Å². The Bertz CT molecular complexity index is 717. The lowest BCUT2D eigenvalue weighted by atomic mass is 10.1. The molecule has 2 amide bonds. The number of thioether (sulfide) groups is 1. The molecule has 6 heteroatoms. The summed E-state index contributed by atoms with van der Waals surface area (Å²) in [5, 5.41) is 5.60. The molecule has 0 aliphatic carbocycles. The molecule has 0 spiro atoms. The van der Waals surface area contributed by atoms with Gasteiger partial charge in [0.2, 0.25) is 11.8 Å². The molecule has 2 aromatic carbocycles. The molecule has 0 aliphatic heterocycles. The summed E-state index contributed by atoms with van der Waals surface area (Å²) in [4.78, 5) is 23.9. The molecule has 0 saturated carbocycles. The number of carbonyl (C=O) groups is 2. The predicted octanol–water partition coefficient (Wildman–Crippen LogP) is 3.57. The fourth-order valence-corrected chi connectivity index (χ4v) is 2.81. The number of rotatable bonds is 8. The van der Waals surface area contributed by atoms with Gasteiger partial charge in [-0.2, -0.15) is 0 Å². The number of para-hydroxylation sites is 2. The van der Waals surface area contributed by atoms with E-state index in [9.17, 15) is 9.59 Å². The molecular weight excluding hydrogens is 336 g/mol. The van der Waals surface area contributed by atoms with Crippen molar-refractivity contribution < 1.29 is 14.3 Å². The van der Waals surface area contributed by atoms with Crippen molar-refractivity contribution in [2.24, 2.45) is 0 Å². The van der Waals surface area contributed by atoms with Crippen molar-refractivity contribution >= 4 is 35.0 Å². The van der Waals surface area contributed by atoms with E-state index in [0.717, 1.165) is 12.1 Å². The van der Waals surface area contributed by atoms with Crippen molar-refractivity contribution in [2.75, 3.05) is 29.2 Å². The molecule has 0 saturated heterocycles. The monoisotopic (exact) mass is 358 g/mol. The summed E-state index contributed by atoms with van der Waals surface area (Å²) in [6.45, 7) is 2.08. The third-order valence-corrected chi connectivity index (χ3v) is 4.43. The molecule has 0 fully saturated rings. The van der Waals surface area contributed by atoms with Crippen LogP contribution < -0.4 is 15.4 Å². The van der Waals surface area contributed by atoms with Crippen molar-refractivity contribution in [1.29, 1.82) is 0 Å². The van der Waals surface area contributed by atoms with E-state index < -0.39 is 0 Å². The van der Waals surface area contributed by atoms with Gasteiger partial charge in [-0.3, -0.25) is 9.59 Å². The molecule has 0 aliphatic rings. The van der Waals surface area contributed by atoms with E-state index in [4.69, 9.17) is 4.74 Å². The van der Waals surface area contributed by atoms with Crippen LogP contribution in [0.4, 0.5) is 11.4 Å². The van der Waals surface area contributed by atoms with E-state index in [1.165, 1.54) is 17.3 Å². The Kier molecular flexibility index (Phi) is 7.35. The van der Waals surface area contributed by atoms with Crippen LogP contribution in [0.3, 0.4) is 0 Å². The summed E-state index contributed by atoms with van der Waals surface area (Å²) in [6, 6.07) is 15.0. The van der Waals surface area contributed by atoms with E-state index >= 15 is 0 Å². The number of anilines is 2. The number of ether oxygens (including phenoxy) is 1. The third-order valence-electron chi connectivity index (χ3n) is 3.49. The van der Waals surface area contributed by atoms with E-state index in [0.29, 0.717) is 11.4 Å². The first-order chi connectivity index (χ1) is 12.1. The Hall–Kier alpha value is -2.47. The quantitative estimate of drug-likeness (QED) is 0.757. The van der Waals surface area contributed by atoms with Crippen LogP contribution in [0.5, 0.6) is 5.75 Å². The van der Waals surface area contributed by atoms with E-state index in [1.807, 2.05) is 36.4 Å². The third kappa shape index (κ3) is 6.15. The molecule has 0 aromatic heterocycles. The molecule has 5 nitrogen and oxygen atoms in total. The molecule has 2 N–H and O–H groups in total. The molecular formula is C19H22N2O3S. The Balaban J connectivity index is 1.73. The molecule has 0 heterocycles. The van der Waals surface area contributed by atoms with Crippen LogP contribution in [0.2, 0.25) is 0 Å². The first-order valence-electron chi connectivity index (χ1n) is 8.01. The Morgan fingerprint density at radius 1 is 0.960 bits per heavy atom. The highest BCUT2D eigenvalue weighted by Gasteiger charge is 2.09. The van der Waals surface area contributed by atoms with Crippen LogP contribution in [-0.2, 0) is 16.0 Å². The number of hydrogen-bond acceptors (Lipinski definition) is 4. The van der Waals surface area contributed by atoms with Crippen LogP contribution in [-0.4, -0.2) is 30.4 Å². The summed E-state index contributed by atoms with van der Waals surface area (Å²) in [5.41, 5.74) is 2.61. The van der Waals surface area contributed by atoms with Crippen molar-refractivity contribution in [3.63, 3.8) is 0 Å². The lowest BCUT2D eigenvalue weighted by Crippen LogP contribution is -2.18. The van der Waals surface area contributed by atoms with E-state index in [1.54, 1.807) is 19.2 Å². The van der Waals surface area contributed by atoms with Gasteiger partial charge in [-0.25, -0.2) is 0 Å². The number of methoxy groups -OCH3 is 1. The van der Waals surface area contributed by atoms with Gasteiger partial charge >= 0.3 is 0 Å². The highest BCUT2D eigenvalue weighted by molar-refractivity contribution is 8.00. The number of amides is 2. The fourth-order valence-electron chi connectivity index (χ4n) is 2.19. The van der Waals surface area contributed by atoms with Crippen LogP contribution in [0.25, 0.3) is 0 Å². The zero-order valence-corrected chi connectivity index (χ0v) is 15.2. The maximum Gasteiger partial charge on any atom is 0.234 e.